The number of carbonyl (C=O) groups is 2. The largest absolute Gasteiger partial charge is 0.457 e. The molecule has 0 saturated carbocycles. The first kappa shape index (κ1) is 14.1. The zero-order chi connectivity index (χ0) is 13.8. The van der Waals surface area contributed by atoms with Crippen molar-refractivity contribution in [2.45, 2.75) is 32.3 Å². The van der Waals surface area contributed by atoms with Crippen molar-refractivity contribution in [3.8, 4) is 5.75 Å². The number of ether oxygens (including phenoxy) is 2. The van der Waals surface area contributed by atoms with E-state index in [1.54, 1.807) is 13.0 Å². The number of esters is 2. The highest BCUT2D eigenvalue weighted by Gasteiger charge is 2.26. The Kier molecular flexibility index (Phi) is 4.58. The third-order valence-corrected chi connectivity index (χ3v) is 3.50. The molecule has 0 spiro atoms. The van der Waals surface area contributed by atoms with Gasteiger partial charge < -0.3 is 9.47 Å². The highest BCUT2D eigenvalue weighted by atomic mass is 79.9. The summed E-state index contributed by atoms with van der Waals surface area (Å²) in [7, 11) is 0. The smallest absolute Gasteiger partial charge is 0.317 e. The van der Waals surface area contributed by atoms with Gasteiger partial charge in [0.1, 0.15) is 17.2 Å². The van der Waals surface area contributed by atoms with Gasteiger partial charge in [0.15, 0.2) is 0 Å². The van der Waals surface area contributed by atoms with Crippen molar-refractivity contribution < 1.29 is 19.1 Å². The maximum Gasteiger partial charge on any atom is 0.317 e. The first-order valence-corrected chi connectivity index (χ1v) is 7.35. The summed E-state index contributed by atoms with van der Waals surface area (Å²) in [5.74, 6) is 0.0395. The van der Waals surface area contributed by atoms with Crippen LogP contribution in [0.5, 0.6) is 5.75 Å². The molecule has 1 aromatic carbocycles. The second kappa shape index (κ2) is 6.19. The van der Waals surface area contributed by atoms with Crippen LogP contribution in [0.4, 0.5) is 0 Å². The molecule has 19 heavy (non-hydrogen) atoms. The lowest BCUT2D eigenvalue weighted by Crippen LogP contribution is -2.10. The molecule has 0 aromatic heterocycles. The maximum atomic E-state index is 11.3. The minimum atomic E-state index is -0.265. The molecule has 1 unspecified atom stereocenters. The number of hydrogen-bond donors (Lipinski definition) is 0. The van der Waals surface area contributed by atoms with Gasteiger partial charge in [-0.25, -0.2) is 0 Å². The maximum absolute atomic E-state index is 11.3. The van der Waals surface area contributed by atoms with Gasteiger partial charge in [0.05, 0.1) is 0 Å². The van der Waals surface area contributed by atoms with E-state index in [2.05, 4.69) is 15.9 Å². The molecule has 0 bridgehead atoms. The van der Waals surface area contributed by atoms with Gasteiger partial charge in [0.2, 0.25) is 0 Å². The van der Waals surface area contributed by atoms with E-state index in [9.17, 15) is 9.59 Å². The summed E-state index contributed by atoms with van der Waals surface area (Å²) >= 11 is 3.08. The SMILES string of the molecule is CCC(=O)Oc1ccc2c(c1)CCC2OC(=O)CBr. The quantitative estimate of drug-likeness (QED) is 0.485. The number of benzene rings is 1. The van der Waals surface area contributed by atoms with Crippen LogP contribution in [-0.4, -0.2) is 17.3 Å². The second-order valence-electron chi connectivity index (χ2n) is 4.34. The molecule has 1 aromatic rings. The van der Waals surface area contributed by atoms with Crippen molar-refractivity contribution in [1.29, 1.82) is 0 Å². The lowest BCUT2D eigenvalue weighted by Gasteiger charge is -2.12. The van der Waals surface area contributed by atoms with Crippen molar-refractivity contribution >= 4 is 27.9 Å². The van der Waals surface area contributed by atoms with Crippen LogP contribution in [0, 0.1) is 0 Å². The summed E-state index contributed by atoms with van der Waals surface area (Å²) in [5.41, 5.74) is 2.08. The first-order chi connectivity index (χ1) is 9.13. The van der Waals surface area contributed by atoms with Crippen molar-refractivity contribution in [3.63, 3.8) is 0 Å². The number of hydrogen-bond acceptors (Lipinski definition) is 4. The van der Waals surface area contributed by atoms with Crippen molar-refractivity contribution in [1.82, 2.24) is 0 Å². The van der Waals surface area contributed by atoms with Crippen LogP contribution in [-0.2, 0) is 20.7 Å². The Bertz CT molecular complexity index is 498. The fourth-order valence-electron chi connectivity index (χ4n) is 2.13. The lowest BCUT2D eigenvalue weighted by atomic mass is 10.1. The monoisotopic (exact) mass is 326 g/mol. The predicted octanol–water partition coefficient (Wildman–Crippen LogP) is 2.93. The molecule has 0 heterocycles. The topological polar surface area (TPSA) is 52.6 Å². The Balaban J connectivity index is 2.11. The molecule has 0 N–H and O–H groups in total. The van der Waals surface area contributed by atoms with Gasteiger partial charge in [-0.1, -0.05) is 28.9 Å². The molecular weight excluding hydrogens is 312 g/mol. The van der Waals surface area contributed by atoms with Crippen LogP contribution in [0.15, 0.2) is 18.2 Å². The number of rotatable bonds is 4. The molecule has 102 valence electrons. The Morgan fingerprint density at radius 1 is 1.37 bits per heavy atom. The predicted molar refractivity (Wildman–Crippen MR) is 73.3 cm³/mol. The van der Waals surface area contributed by atoms with Crippen LogP contribution >= 0.6 is 15.9 Å². The third-order valence-electron chi connectivity index (χ3n) is 3.04. The average Bonchev–Trinajstić information content (AvgIpc) is 2.81. The fraction of sp³-hybridized carbons (Fsp3) is 0.429. The van der Waals surface area contributed by atoms with Crippen molar-refractivity contribution in [3.05, 3.63) is 29.3 Å². The normalized spacial score (nSPS) is 16.8. The molecule has 1 atom stereocenters. The number of halogens is 1. The fourth-order valence-corrected chi connectivity index (χ4v) is 2.27. The molecule has 2 rings (SSSR count). The summed E-state index contributed by atoms with van der Waals surface area (Å²) in [6.45, 7) is 1.76. The van der Waals surface area contributed by atoms with E-state index in [0.717, 1.165) is 24.0 Å². The van der Waals surface area contributed by atoms with Gasteiger partial charge in [-0.3, -0.25) is 9.59 Å². The van der Waals surface area contributed by atoms with Crippen LogP contribution in [0.3, 0.4) is 0 Å². The summed E-state index contributed by atoms with van der Waals surface area (Å²) < 4.78 is 10.5. The standard InChI is InChI=1S/C14H15BrO4/c1-2-13(16)18-10-4-5-11-9(7-10)3-6-12(11)19-14(17)8-15/h4-5,7,12H,2-3,6,8H2,1H3. The van der Waals surface area contributed by atoms with Gasteiger partial charge in [-0.05, 0) is 36.1 Å². The van der Waals surface area contributed by atoms with Crippen LogP contribution in [0.1, 0.15) is 37.0 Å². The summed E-state index contributed by atoms with van der Waals surface area (Å²) in [6.07, 6.45) is 1.77. The minimum absolute atomic E-state index is 0.184. The third kappa shape index (κ3) is 3.35. The molecule has 0 aliphatic heterocycles. The molecule has 0 saturated heterocycles. The Morgan fingerprint density at radius 3 is 2.84 bits per heavy atom. The molecule has 0 amide bonds. The highest BCUT2D eigenvalue weighted by molar-refractivity contribution is 9.09. The average molecular weight is 327 g/mol. The van der Waals surface area contributed by atoms with E-state index in [-0.39, 0.29) is 23.4 Å². The Morgan fingerprint density at radius 2 is 2.16 bits per heavy atom. The summed E-state index contributed by atoms with van der Waals surface area (Å²) in [4.78, 5) is 22.5. The minimum Gasteiger partial charge on any atom is -0.457 e. The molecular formula is C14H15BrO4. The van der Waals surface area contributed by atoms with Crippen LogP contribution < -0.4 is 4.74 Å². The van der Waals surface area contributed by atoms with E-state index in [4.69, 9.17) is 9.47 Å². The van der Waals surface area contributed by atoms with E-state index in [0.29, 0.717) is 12.2 Å². The van der Waals surface area contributed by atoms with Crippen molar-refractivity contribution in [2.24, 2.45) is 0 Å². The number of alkyl halides is 1. The van der Waals surface area contributed by atoms with E-state index < -0.39 is 0 Å². The van der Waals surface area contributed by atoms with E-state index in [1.807, 2.05) is 12.1 Å². The molecule has 1 aliphatic carbocycles. The van der Waals surface area contributed by atoms with Crippen LogP contribution in [0.2, 0.25) is 0 Å². The second-order valence-corrected chi connectivity index (χ2v) is 4.90. The van der Waals surface area contributed by atoms with E-state index >= 15 is 0 Å². The lowest BCUT2D eigenvalue weighted by molar-refractivity contribution is -0.145. The Hall–Kier alpha value is -1.36. The molecule has 0 radical (unpaired) electrons. The van der Waals surface area contributed by atoms with Gasteiger partial charge in [0, 0.05) is 6.42 Å². The highest BCUT2D eigenvalue weighted by Crippen LogP contribution is 2.36. The van der Waals surface area contributed by atoms with E-state index in [1.165, 1.54) is 0 Å². The van der Waals surface area contributed by atoms with Gasteiger partial charge in [-0.2, -0.15) is 0 Å². The molecule has 0 fully saturated rings. The number of aryl methyl sites for hydroxylation is 1. The molecule has 4 nitrogen and oxygen atoms in total. The van der Waals surface area contributed by atoms with Crippen LogP contribution in [0.25, 0.3) is 0 Å². The summed E-state index contributed by atoms with van der Waals surface area (Å²) in [6, 6.07) is 5.46. The van der Waals surface area contributed by atoms with Crippen molar-refractivity contribution in [2.75, 3.05) is 5.33 Å². The first-order valence-electron chi connectivity index (χ1n) is 6.23. The number of fused-ring (bicyclic) bond motifs is 1. The zero-order valence-corrected chi connectivity index (χ0v) is 12.2. The number of carbonyl (C=O) groups excluding carboxylic acids is 2. The van der Waals surface area contributed by atoms with Gasteiger partial charge in [0.25, 0.3) is 0 Å². The Labute approximate surface area is 120 Å². The molecule has 5 heteroatoms. The summed E-state index contributed by atoms with van der Waals surface area (Å²) in [5, 5.41) is 0.199. The molecule has 1 aliphatic rings. The zero-order valence-electron chi connectivity index (χ0n) is 10.6. The van der Waals surface area contributed by atoms with Gasteiger partial charge in [-0.15, -0.1) is 0 Å². The van der Waals surface area contributed by atoms with Gasteiger partial charge >= 0.3 is 11.9 Å².